The summed E-state index contributed by atoms with van der Waals surface area (Å²) in [5.41, 5.74) is 6.18. The van der Waals surface area contributed by atoms with Crippen molar-refractivity contribution in [2.45, 2.75) is 19.0 Å². The summed E-state index contributed by atoms with van der Waals surface area (Å²) in [5.74, 6) is 0. The standard InChI is InChI=1S/C24H25N5/c1-28-13-12-20(17-28)25-16-21-14-24-26-22(18-8-4-2-5-9-18)15-23(29(24)27-21)19-10-6-3-7-11-19/h2-11,14-15,20,25H,12-13,16-17H2,1H3/t20-/m0/s1. The fourth-order valence-corrected chi connectivity index (χ4v) is 4.03. The van der Waals surface area contributed by atoms with Gasteiger partial charge in [-0.3, -0.25) is 0 Å². The number of likely N-dealkylation sites (N-methyl/N-ethyl adjacent to an activating group) is 1. The van der Waals surface area contributed by atoms with Gasteiger partial charge in [-0.15, -0.1) is 0 Å². The molecule has 146 valence electrons. The molecule has 0 bridgehead atoms. The fraction of sp³-hybridized carbons (Fsp3) is 0.250. The Labute approximate surface area is 171 Å². The molecule has 5 rings (SSSR count). The lowest BCUT2D eigenvalue weighted by atomic mass is 10.1. The molecule has 0 unspecified atom stereocenters. The van der Waals surface area contributed by atoms with Crippen LogP contribution in [0.2, 0.25) is 0 Å². The van der Waals surface area contributed by atoms with Crippen LogP contribution >= 0.6 is 0 Å². The van der Waals surface area contributed by atoms with Crippen LogP contribution in [-0.2, 0) is 6.54 Å². The summed E-state index contributed by atoms with van der Waals surface area (Å²) in [6, 6.07) is 25.5. The minimum absolute atomic E-state index is 0.534. The molecule has 1 aliphatic rings. The molecule has 0 spiro atoms. The maximum atomic E-state index is 4.91. The summed E-state index contributed by atoms with van der Waals surface area (Å²) in [4.78, 5) is 7.27. The molecule has 2 aromatic heterocycles. The van der Waals surface area contributed by atoms with E-state index in [2.05, 4.69) is 65.8 Å². The van der Waals surface area contributed by atoms with Crippen LogP contribution in [-0.4, -0.2) is 45.7 Å². The molecule has 1 aliphatic heterocycles. The smallest absolute Gasteiger partial charge is 0.156 e. The van der Waals surface area contributed by atoms with Crippen molar-refractivity contribution in [2.24, 2.45) is 0 Å². The third-order valence-electron chi connectivity index (χ3n) is 5.58. The molecular formula is C24H25N5. The largest absolute Gasteiger partial charge is 0.307 e. The molecule has 3 heterocycles. The van der Waals surface area contributed by atoms with Gasteiger partial charge in [0.2, 0.25) is 0 Å². The lowest BCUT2D eigenvalue weighted by molar-refractivity contribution is 0.397. The molecule has 4 aromatic rings. The molecule has 0 aliphatic carbocycles. The molecule has 1 atom stereocenters. The predicted octanol–water partition coefficient (Wildman–Crippen LogP) is 3.86. The number of rotatable bonds is 5. The van der Waals surface area contributed by atoms with Crippen LogP contribution in [0.4, 0.5) is 0 Å². The second-order valence-corrected chi connectivity index (χ2v) is 7.79. The van der Waals surface area contributed by atoms with E-state index in [4.69, 9.17) is 10.1 Å². The van der Waals surface area contributed by atoms with Crippen molar-refractivity contribution in [3.63, 3.8) is 0 Å². The van der Waals surface area contributed by atoms with Gasteiger partial charge in [0.1, 0.15) is 0 Å². The lowest BCUT2D eigenvalue weighted by Gasteiger charge is -2.11. The van der Waals surface area contributed by atoms with Gasteiger partial charge in [0.25, 0.3) is 0 Å². The van der Waals surface area contributed by atoms with Crippen LogP contribution in [0.5, 0.6) is 0 Å². The van der Waals surface area contributed by atoms with Crippen LogP contribution in [0.25, 0.3) is 28.2 Å². The van der Waals surface area contributed by atoms with Crippen molar-refractivity contribution < 1.29 is 0 Å². The fourth-order valence-electron chi connectivity index (χ4n) is 4.03. The van der Waals surface area contributed by atoms with Gasteiger partial charge in [0.05, 0.1) is 17.1 Å². The highest BCUT2D eigenvalue weighted by Gasteiger charge is 2.19. The van der Waals surface area contributed by atoms with E-state index < -0.39 is 0 Å². The van der Waals surface area contributed by atoms with Crippen molar-refractivity contribution in [1.29, 1.82) is 0 Å². The summed E-state index contributed by atoms with van der Waals surface area (Å²) in [6.07, 6.45) is 1.19. The summed E-state index contributed by atoms with van der Waals surface area (Å²) in [7, 11) is 2.17. The van der Waals surface area contributed by atoms with Gasteiger partial charge in [-0.1, -0.05) is 60.7 Å². The van der Waals surface area contributed by atoms with E-state index in [1.165, 1.54) is 6.42 Å². The zero-order chi connectivity index (χ0) is 19.6. The molecular weight excluding hydrogens is 358 g/mol. The van der Waals surface area contributed by atoms with Crippen molar-refractivity contribution in [1.82, 2.24) is 24.8 Å². The van der Waals surface area contributed by atoms with E-state index in [1.807, 2.05) is 28.8 Å². The molecule has 1 fully saturated rings. The minimum Gasteiger partial charge on any atom is -0.307 e. The first-order valence-electron chi connectivity index (χ1n) is 10.2. The van der Waals surface area contributed by atoms with Gasteiger partial charge >= 0.3 is 0 Å². The normalized spacial score (nSPS) is 17.2. The van der Waals surface area contributed by atoms with Gasteiger partial charge in [-0.05, 0) is 26.1 Å². The highest BCUT2D eigenvalue weighted by atomic mass is 15.3. The Morgan fingerprint density at radius 2 is 1.69 bits per heavy atom. The number of nitrogens with one attached hydrogen (secondary N) is 1. The second-order valence-electron chi connectivity index (χ2n) is 7.79. The first kappa shape index (κ1) is 18.0. The second kappa shape index (κ2) is 7.78. The van der Waals surface area contributed by atoms with Crippen molar-refractivity contribution in [3.05, 3.63) is 78.5 Å². The third-order valence-corrected chi connectivity index (χ3v) is 5.58. The number of nitrogens with zero attached hydrogens (tertiary/aromatic N) is 4. The highest BCUT2D eigenvalue weighted by molar-refractivity contribution is 5.71. The summed E-state index contributed by atoms with van der Waals surface area (Å²) < 4.78 is 1.97. The molecule has 2 aromatic carbocycles. The molecule has 0 amide bonds. The van der Waals surface area contributed by atoms with E-state index in [0.717, 1.165) is 53.5 Å². The Balaban J connectivity index is 1.54. The first-order valence-corrected chi connectivity index (χ1v) is 10.2. The quantitative estimate of drug-likeness (QED) is 0.568. The average molecular weight is 383 g/mol. The number of likely N-dealkylation sites (tertiary alicyclic amines) is 1. The van der Waals surface area contributed by atoms with Crippen LogP contribution in [0.1, 0.15) is 12.1 Å². The zero-order valence-electron chi connectivity index (χ0n) is 16.6. The van der Waals surface area contributed by atoms with E-state index in [1.54, 1.807) is 0 Å². The van der Waals surface area contributed by atoms with Crippen molar-refractivity contribution in [3.8, 4) is 22.5 Å². The Morgan fingerprint density at radius 3 is 2.38 bits per heavy atom. The molecule has 0 saturated carbocycles. The van der Waals surface area contributed by atoms with Crippen LogP contribution < -0.4 is 5.32 Å². The molecule has 5 heteroatoms. The van der Waals surface area contributed by atoms with Crippen LogP contribution in [0, 0.1) is 0 Å². The van der Waals surface area contributed by atoms with Gasteiger partial charge in [0.15, 0.2) is 5.65 Å². The van der Waals surface area contributed by atoms with E-state index in [9.17, 15) is 0 Å². The molecule has 1 N–H and O–H groups in total. The summed E-state index contributed by atoms with van der Waals surface area (Å²) in [5, 5.41) is 8.53. The predicted molar refractivity (Wildman–Crippen MR) is 117 cm³/mol. The van der Waals surface area contributed by atoms with Crippen LogP contribution in [0.15, 0.2) is 72.8 Å². The van der Waals surface area contributed by atoms with Gasteiger partial charge < -0.3 is 10.2 Å². The van der Waals surface area contributed by atoms with Crippen molar-refractivity contribution in [2.75, 3.05) is 20.1 Å². The Bertz CT molecular complexity index is 1100. The summed E-state index contributed by atoms with van der Waals surface area (Å²) >= 11 is 0. The third kappa shape index (κ3) is 3.79. The van der Waals surface area contributed by atoms with E-state index in [-0.39, 0.29) is 0 Å². The van der Waals surface area contributed by atoms with E-state index in [0.29, 0.717) is 6.04 Å². The number of hydrogen-bond acceptors (Lipinski definition) is 4. The van der Waals surface area contributed by atoms with Crippen LogP contribution in [0.3, 0.4) is 0 Å². The van der Waals surface area contributed by atoms with Gasteiger partial charge in [0, 0.05) is 36.3 Å². The number of hydrogen-bond donors (Lipinski definition) is 1. The highest BCUT2D eigenvalue weighted by Crippen LogP contribution is 2.26. The summed E-state index contributed by atoms with van der Waals surface area (Å²) in [6.45, 7) is 3.01. The number of fused-ring (bicyclic) bond motifs is 1. The monoisotopic (exact) mass is 383 g/mol. The van der Waals surface area contributed by atoms with Gasteiger partial charge in [-0.25, -0.2) is 9.50 Å². The lowest BCUT2D eigenvalue weighted by Crippen LogP contribution is -2.31. The maximum absolute atomic E-state index is 4.91. The Morgan fingerprint density at radius 1 is 0.966 bits per heavy atom. The average Bonchev–Trinajstić information content (AvgIpc) is 3.38. The Hall–Kier alpha value is -3.02. The topological polar surface area (TPSA) is 45.5 Å². The molecule has 0 radical (unpaired) electrons. The van der Waals surface area contributed by atoms with Gasteiger partial charge in [-0.2, -0.15) is 5.10 Å². The SMILES string of the molecule is CN1CC[C@H](NCc2cc3nc(-c4ccccc4)cc(-c4ccccc4)n3n2)C1. The minimum atomic E-state index is 0.534. The number of aromatic nitrogens is 3. The maximum Gasteiger partial charge on any atom is 0.156 e. The molecule has 1 saturated heterocycles. The zero-order valence-corrected chi connectivity index (χ0v) is 16.6. The number of benzene rings is 2. The molecule has 5 nitrogen and oxygen atoms in total. The van der Waals surface area contributed by atoms with E-state index >= 15 is 0 Å². The Kier molecular flexibility index (Phi) is 4.84. The first-order chi connectivity index (χ1) is 14.3. The molecule has 29 heavy (non-hydrogen) atoms. The van der Waals surface area contributed by atoms with Crippen molar-refractivity contribution >= 4 is 5.65 Å².